The van der Waals surface area contributed by atoms with E-state index in [1.807, 2.05) is 0 Å². The van der Waals surface area contributed by atoms with Crippen LogP contribution in [0.2, 0.25) is 5.02 Å². The maximum Gasteiger partial charge on any atom is 0.417 e. The Hall–Kier alpha value is -3.41. The number of anilines is 1. The van der Waals surface area contributed by atoms with Crippen molar-refractivity contribution in [3.63, 3.8) is 0 Å². The molecule has 0 fully saturated rings. The summed E-state index contributed by atoms with van der Waals surface area (Å²) in [5.41, 5.74) is -1.02. The lowest BCUT2D eigenvalue weighted by molar-refractivity contribution is -0.384. The normalized spacial score (nSPS) is 11.4. The SMILES string of the molecule is O=C(COn1nnc2ccc([N+](=O)[O-])cc21)Nc1ccc(Cl)c(C(F)(F)F)c1. The number of alkyl halides is 3. The number of nitrogens with zero attached hydrogens (tertiary/aromatic N) is 4. The van der Waals surface area contributed by atoms with Gasteiger partial charge in [-0.3, -0.25) is 14.9 Å². The summed E-state index contributed by atoms with van der Waals surface area (Å²) < 4.78 is 38.5. The van der Waals surface area contributed by atoms with Gasteiger partial charge in [0, 0.05) is 17.8 Å². The van der Waals surface area contributed by atoms with Crippen LogP contribution in [-0.4, -0.2) is 32.6 Å². The third kappa shape index (κ3) is 4.11. The summed E-state index contributed by atoms with van der Waals surface area (Å²) in [6.07, 6.45) is -4.68. The molecular weight excluding hydrogens is 407 g/mol. The van der Waals surface area contributed by atoms with Gasteiger partial charge in [-0.05, 0) is 29.5 Å². The Labute approximate surface area is 158 Å². The molecule has 0 atom stereocenters. The maximum absolute atomic E-state index is 12.8. The highest BCUT2D eigenvalue weighted by molar-refractivity contribution is 6.31. The van der Waals surface area contributed by atoms with Gasteiger partial charge in [-0.1, -0.05) is 16.4 Å². The fourth-order valence-corrected chi connectivity index (χ4v) is 2.46. The number of nitrogens with one attached hydrogen (secondary N) is 1. The molecule has 9 nitrogen and oxygen atoms in total. The molecule has 1 amide bonds. The van der Waals surface area contributed by atoms with Gasteiger partial charge in [0.15, 0.2) is 6.61 Å². The minimum absolute atomic E-state index is 0.135. The molecule has 0 saturated heterocycles. The number of nitro groups is 1. The molecule has 0 aliphatic carbocycles. The predicted molar refractivity (Wildman–Crippen MR) is 90.7 cm³/mol. The number of nitro benzene ring substituents is 1. The molecule has 0 aliphatic heterocycles. The van der Waals surface area contributed by atoms with Gasteiger partial charge in [0.2, 0.25) is 0 Å². The average molecular weight is 416 g/mol. The lowest BCUT2D eigenvalue weighted by atomic mass is 10.2. The second-order valence-corrected chi connectivity index (χ2v) is 5.81. The van der Waals surface area contributed by atoms with E-state index in [0.717, 1.165) is 17.0 Å². The highest BCUT2D eigenvalue weighted by atomic mass is 35.5. The fourth-order valence-electron chi connectivity index (χ4n) is 2.23. The monoisotopic (exact) mass is 415 g/mol. The number of carbonyl (C=O) groups excluding carboxylic acids is 1. The molecule has 1 aromatic heterocycles. The first-order valence-electron chi connectivity index (χ1n) is 7.45. The van der Waals surface area contributed by atoms with E-state index in [0.29, 0.717) is 11.6 Å². The second kappa shape index (κ2) is 7.31. The Morgan fingerprint density at radius 1 is 1.29 bits per heavy atom. The number of fused-ring (bicyclic) bond motifs is 1. The number of hydrogen-bond donors (Lipinski definition) is 1. The van der Waals surface area contributed by atoms with Crippen molar-refractivity contribution in [1.29, 1.82) is 0 Å². The first kappa shape index (κ1) is 19.4. The van der Waals surface area contributed by atoms with Gasteiger partial charge in [0.05, 0.1) is 15.5 Å². The van der Waals surface area contributed by atoms with Crippen molar-refractivity contribution in [1.82, 2.24) is 15.2 Å². The number of amides is 1. The van der Waals surface area contributed by atoms with Crippen LogP contribution in [-0.2, 0) is 11.0 Å². The summed E-state index contributed by atoms with van der Waals surface area (Å²) in [7, 11) is 0. The first-order valence-corrected chi connectivity index (χ1v) is 7.82. The van der Waals surface area contributed by atoms with Crippen molar-refractivity contribution in [3.05, 3.63) is 57.1 Å². The van der Waals surface area contributed by atoms with Crippen LogP contribution in [0.4, 0.5) is 24.5 Å². The molecule has 13 heteroatoms. The van der Waals surface area contributed by atoms with E-state index in [9.17, 15) is 28.1 Å². The van der Waals surface area contributed by atoms with E-state index in [4.69, 9.17) is 16.4 Å². The Morgan fingerprint density at radius 3 is 2.71 bits per heavy atom. The van der Waals surface area contributed by atoms with Crippen LogP contribution >= 0.6 is 11.6 Å². The van der Waals surface area contributed by atoms with Crippen LogP contribution < -0.4 is 10.2 Å². The van der Waals surface area contributed by atoms with Gasteiger partial charge >= 0.3 is 6.18 Å². The van der Waals surface area contributed by atoms with E-state index >= 15 is 0 Å². The van der Waals surface area contributed by atoms with Gasteiger partial charge in [-0.15, -0.1) is 5.10 Å². The van der Waals surface area contributed by atoms with Crippen LogP contribution in [0.25, 0.3) is 11.0 Å². The molecule has 3 rings (SSSR count). The number of rotatable bonds is 5. The van der Waals surface area contributed by atoms with Crippen molar-refractivity contribution < 1.29 is 27.7 Å². The Kier molecular flexibility index (Phi) is 5.05. The quantitative estimate of drug-likeness (QED) is 0.506. The van der Waals surface area contributed by atoms with E-state index in [1.54, 1.807) is 0 Å². The van der Waals surface area contributed by atoms with Crippen molar-refractivity contribution in [3.8, 4) is 0 Å². The van der Waals surface area contributed by atoms with E-state index in [2.05, 4.69) is 15.6 Å². The van der Waals surface area contributed by atoms with Crippen LogP contribution in [0.3, 0.4) is 0 Å². The zero-order valence-corrected chi connectivity index (χ0v) is 14.4. The molecule has 0 bridgehead atoms. The minimum atomic E-state index is -4.68. The smallest absolute Gasteiger partial charge is 0.385 e. The van der Waals surface area contributed by atoms with Crippen molar-refractivity contribution in [2.24, 2.45) is 0 Å². The van der Waals surface area contributed by atoms with E-state index in [-0.39, 0.29) is 16.9 Å². The maximum atomic E-state index is 12.8. The van der Waals surface area contributed by atoms with E-state index < -0.39 is 34.2 Å². The van der Waals surface area contributed by atoms with Gasteiger partial charge in [0.1, 0.15) is 11.0 Å². The topological polar surface area (TPSA) is 112 Å². The number of hydrogen-bond acceptors (Lipinski definition) is 6. The largest absolute Gasteiger partial charge is 0.417 e. The minimum Gasteiger partial charge on any atom is -0.385 e. The molecule has 2 aromatic carbocycles. The van der Waals surface area contributed by atoms with Crippen molar-refractivity contribution in [2.45, 2.75) is 6.18 Å². The van der Waals surface area contributed by atoms with Gasteiger partial charge in [-0.25, -0.2) is 0 Å². The third-order valence-corrected chi connectivity index (χ3v) is 3.81. The van der Waals surface area contributed by atoms with Crippen LogP contribution in [0, 0.1) is 10.1 Å². The Morgan fingerprint density at radius 2 is 2.04 bits per heavy atom. The summed E-state index contributed by atoms with van der Waals surface area (Å²) in [5, 5.41) is 19.9. The number of halogens is 4. The Bertz CT molecular complexity index is 1070. The number of non-ortho nitro benzene ring substituents is 1. The fraction of sp³-hybridized carbons (Fsp3) is 0.133. The van der Waals surface area contributed by atoms with Gasteiger partial charge < -0.3 is 10.2 Å². The second-order valence-electron chi connectivity index (χ2n) is 5.41. The van der Waals surface area contributed by atoms with Crippen molar-refractivity contribution >= 4 is 39.9 Å². The highest BCUT2D eigenvalue weighted by Crippen LogP contribution is 2.36. The number of carbonyl (C=O) groups is 1. The molecular formula is C15H9ClF3N5O4. The number of aromatic nitrogens is 3. The lowest BCUT2D eigenvalue weighted by Gasteiger charge is -2.12. The third-order valence-electron chi connectivity index (χ3n) is 3.48. The Balaban J connectivity index is 1.71. The molecule has 0 spiro atoms. The molecule has 3 aromatic rings. The summed E-state index contributed by atoms with van der Waals surface area (Å²) in [6.45, 7) is -0.634. The highest BCUT2D eigenvalue weighted by Gasteiger charge is 2.33. The van der Waals surface area contributed by atoms with Crippen LogP contribution in [0.15, 0.2) is 36.4 Å². The van der Waals surface area contributed by atoms with Crippen LogP contribution in [0.1, 0.15) is 5.56 Å². The van der Waals surface area contributed by atoms with Gasteiger partial charge in [-0.2, -0.15) is 13.2 Å². The number of benzene rings is 2. The lowest BCUT2D eigenvalue weighted by Crippen LogP contribution is -2.26. The summed E-state index contributed by atoms with van der Waals surface area (Å²) in [4.78, 5) is 28.1. The molecule has 0 aliphatic rings. The molecule has 28 heavy (non-hydrogen) atoms. The summed E-state index contributed by atoms with van der Waals surface area (Å²) >= 11 is 5.51. The zero-order valence-electron chi connectivity index (χ0n) is 13.6. The molecule has 1 heterocycles. The van der Waals surface area contributed by atoms with Crippen LogP contribution in [0.5, 0.6) is 0 Å². The predicted octanol–water partition coefficient (Wildman–Crippen LogP) is 3.08. The van der Waals surface area contributed by atoms with Gasteiger partial charge in [0.25, 0.3) is 11.6 Å². The zero-order chi connectivity index (χ0) is 20.5. The molecule has 1 N–H and O–H groups in total. The molecule has 146 valence electrons. The van der Waals surface area contributed by atoms with Crippen molar-refractivity contribution in [2.75, 3.05) is 11.9 Å². The van der Waals surface area contributed by atoms with E-state index in [1.165, 1.54) is 18.2 Å². The standard InChI is InChI=1S/C15H9ClF3N5O4/c16-11-3-1-8(5-10(11)15(17,18)19)20-14(25)7-28-23-13-6-9(24(26)27)2-4-12(13)21-22-23/h1-6H,7H2,(H,20,25). The first-order chi connectivity index (χ1) is 13.1. The average Bonchev–Trinajstić information content (AvgIpc) is 3.03. The summed E-state index contributed by atoms with van der Waals surface area (Å²) in [6, 6.07) is 6.63. The molecule has 0 saturated carbocycles. The molecule has 0 unspecified atom stereocenters. The summed E-state index contributed by atoms with van der Waals surface area (Å²) in [5.74, 6) is -0.787. The molecule has 0 radical (unpaired) electrons.